The summed E-state index contributed by atoms with van der Waals surface area (Å²) in [6.07, 6.45) is 5.41. The molecule has 1 unspecified atom stereocenters. The number of aromatic nitrogens is 2. The molecule has 366 valence electrons. The molecule has 6 aliphatic heterocycles. The molecule has 4 amide bonds. The van der Waals surface area contributed by atoms with Crippen molar-refractivity contribution in [3.63, 3.8) is 0 Å². The fourth-order valence-corrected chi connectivity index (χ4v) is 11.4. The normalized spacial score (nSPS) is 22.8. The molecule has 7 heterocycles. The van der Waals surface area contributed by atoms with Gasteiger partial charge in [0, 0.05) is 114 Å². The maximum Gasteiger partial charge on any atom is 0.319 e. The standard InChI is InChI=1S/C51H63FN10O7/c1-51(2)30-61(43-14-15-46(63)54-49(43)64)42-10-7-9-41(47(42)69-51)58-20-16-33(17-21-58)57(3)50(65)59-22-18-37(19-23-59)68-38-25-32(52)24-36(26-38)62-34-12-13-35(62)29-60(28-34)44-27-40(55-56-48(44)53)39-8-5-6-11-45(39)67-31-66-4/h5-11,24-27,33-35,37,43H,12-23,28-31H2,1-4H3,(H2,53,56)(H,54,63,64)/t34-,35+,43?. The lowest BCUT2D eigenvalue weighted by atomic mass is 9.97. The predicted molar refractivity (Wildman–Crippen MR) is 261 cm³/mol. The van der Waals surface area contributed by atoms with Crippen molar-refractivity contribution < 1.29 is 37.7 Å². The Bertz CT molecular complexity index is 2550. The van der Waals surface area contributed by atoms with E-state index in [0.717, 1.165) is 72.8 Å². The van der Waals surface area contributed by atoms with E-state index in [4.69, 9.17) is 24.7 Å². The van der Waals surface area contributed by atoms with Gasteiger partial charge in [0.1, 0.15) is 35.1 Å². The van der Waals surface area contributed by atoms with Crippen LogP contribution in [-0.2, 0) is 14.3 Å². The van der Waals surface area contributed by atoms with E-state index in [-0.39, 0.29) is 54.7 Å². The SMILES string of the molecule is COCOc1ccccc1-c1cc(N2C[C@H]3CC[C@@H](C2)N3c2cc(F)cc(OC3CCN(C(=O)N(C)C4CCN(c5cccc6c5OC(C)(C)CN6C5CCC(=O)NC5=O)CC4)CC3)c2)c(N)nn1. The monoisotopic (exact) mass is 946 g/mol. The number of urea groups is 1. The number of nitrogens with one attached hydrogen (secondary N) is 1. The van der Waals surface area contributed by atoms with Gasteiger partial charge in [-0.1, -0.05) is 18.2 Å². The lowest BCUT2D eigenvalue weighted by Gasteiger charge is -2.46. The third kappa shape index (κ3) is 9.47. The summed E-state index contributed by atoms with van der Waals surface area (Å²) in [6, 6.07) is 20.6. The summed E-state index contributed by atoms with van der Waals surface area (Å²) in [7, 11) is 3.48. The number of methoxy groups -OCH3 is 1. The molecule has 0 saturated carbocycles. The molecule has 10 rings (SSSR count). The van der Waals surface area contributed by atoms with Crippen LogP contribution in [0.5, 0.6) is 17.2 Å². The summed E-state index contributed by atoms with van der Waals surface area (Å²) in [5.74, 6) is 1.40. The number of likely N-dealkylation sites (tertiary alicyclic amines) is 1. The molecule has 0 spiro atoms. The molecule has 5 fully saturated rings. The number of hydrogen-bond acceptors (Lipinski definition) is 14. The first-order valence-corrected chi connectivity index (χ1v) is 24.4. The number of hydrogen-bond donors (Lipinski definition) is 2. The Morgan fingerprint density at radius 2 is 1.62 bits per heavy atom. The van der Waals surface area contributed by atoms with Crippen molar-refractivity contribution in [3.8, 4) is 28.5 Å². The van der Waals surface area contributed by atoms with Gasteiger partial charge in [0.15, 0.2) is 18.4 Å². The maximum atomic E-state index is 15.4. The number of nitrogens with two attached hydrogens (primary N) is 1. The number of carbonyl (C=O) groups is 3. The minimum Gasteiger partial charge on any atom is -0.490 e. The highest BCUT2D eigenvalue weighted by Gasteiger charge is 2.43. The maximum absolute atomic E-state index is 15.4. The molecule has 4 aromatic rings. The predicted octanol–water partition coefficient (Wildman–Crippen LogP) is 6.05. The molecule has 0 aliphatic carbocycles. The summed E-state index contributed by atoms with van der Waals surface area (Å²) in [5.41, 5.74) is 10.8. The van der Waals surface area contributed by atoms with Crippen molar-refractivity contribution >= 4 is 46.4 Å². The van der Waals surface area contributed by atoms with Crippen molar-refractivity contribution in [2.75, 3.05) is 92.1 Å². The van der Waals surface area contributed by atoms with Gasteiger partial charge in [0.25, 0.3) is 0 Å². The van der Waals surface area contributed by atoms with Crippen LogP contribution < -0.4 is 44.9 Å². The number of piperidine rings is 3. The lowest BCUT2D eigenvalue weighted by molar-refractivity contribution is -0.134. The third-order valence-electron chi connectivity index (χ3n) is 14.7. The molecule has 3 atom stereocenters. The van der Waals surface area contributed by atoms with Gasteiger partial charge < -0.3 is 54.1 Å². The number of imide groups is 1. The van der Waals surface area contributed by atoms with Crippen LogP contribution in [-0.4, -0.2) is 140 Å². The van der Waals surface area contributed by atoms with E-state index in [2.05, 4.69) is 41.2 Å². The van der Waals surface area contributed by atoms with Crippen LogP contribution in [0.3, 0.4) is 0 Å². The van der Waals surface area contributed by atoms with Crippen molar-refractivity contribution in [2.24, 2.45) is 0 Å². The van der Waals surface area contributed by atoms with E-state index >= 15 is 4.39 Å². The lowest BCUT2D eigenvalue weighted by Crippen LogP contribution is -2.58. The number of piperazine rings is 1. The molecule has 3 N–H and O–H groups in total. The third-order valence-corrected chi connectivity index (χ3v) is 14.7. The van der Waals surface area contributed by atoms with Gasteiger partial charge in [-0.25, -0.2) is 9.18 Å². The van der Waals surface area contributed by atoms with Gasteiger partial charge in [0.05, 0.1) is 29.3 Å². The van der Waals surface area contributed by atoms with Gasteiger partial charge in [-0.15, -0.1) is 10.2 Å². The van der Waals surface area contributed by atoms with Crippen molar-refractivity contribution in [3.05, 3.63) is 72.5 Å². The number of benzene rings is 3. The summed E-state index contributed by atoms with van der Waals surface area (Å²) in [5, 5.41) is 11.3. The highest BCUT2D eigenvalue weighted by molar-refractivity contribution is 6.02. The first-order valence-electron chi connectivity index (χ1n) is 24.4. The molecular formula is C51H63FN10O7. The van der Waals surface area contributed by atoms with Crippen molar-refractivity contribution in [2.45, 2.75) is 101 Å². The zero-order chi connectivity index (χ0) is 48.0. The second kappa shape index (κ2) is 19.1. The van der Waals surface area contributed by atoms with Gasteiger partial charge in [-0.3, -0.25) is 14.9 Å². The second-order valence-corrected chi connectivity index (χ2v) is 19.9. The van der Waals surface area contributed by atoms with E-state index in [1.165, 1.54) is 6.07 Å². The smallest absolute Gasteiger partial charge is 0.319 e. The number of anilines is 5. The zero-order valence-corrected chi connectivity index (χ0v) is 39.9. The Hall–Kier alpha value is -6.56. The van der Waals surface area contributed by atoms with E-state index < -0.39 is 11.6 Å². The Labute approximate surface area is 402 Å². The second-order valence-electron chi connectivity index (χ2n) is 19.9. The Balaban J connectivity index is 0.732. The van der Waals surface area contributed by atoms with Gasteiger partial charge in [-0.05, 0) is 82.3 Å². The highest BCUT2D eigenvalue weighted by atomic mass is 19.1. The van der Waals surface area contributed by atoms with Crippen LogP contribution in [0.15, 0.2) is 66.7 Å². The molecular weight excluding hydrogens is 884 g/mol. The van der Waals surface area contributed by atoms with E-state index in [1.807, 2.05) is 79.2 Å². The van der Waals surface area contributed by atoms with E-state index in [0.29, 0.717) is 81.4 Å². The average molecular weight is 947 g/mol. The molecule has 6 aliphatic rings. The largest absolute Gasteiger partial charge is 0.490 e. The number of nitrogens with zero attached hydrogens (tertiary/aromatic N) is 8. The first kappa shape index (κ1) is 46.2. The molecule has 3 aromatic carbocycles. The summed E-state index contributed by atoms with van der Waals surface area (Å²) < 4.78 is 39.5. The van der Waals surface area contributed by atoms with Crippen LogP contribution in [0.1, 0.15) is 65.2 Å². The minimum absolute atomic E-state index is 0.0121. The van der Waals surface area contributed by atoms with Crippen molar-refractivity contribution in [1.82, 2.24) is 25.3 Å². The fraction of sp³-hybridized carbons (Fsp3) is 0.510. The quantitative estimate of drug-likeness (QED) is 0.132. The summed E-state index contributed by atoms with van der Waals surface area (Å²) in [4.78, 5) is 51.7. The summed E-state index contributed by atoms with van der Waals surface area (Å²) in [6.45, 7) is 8.64. The molecule has 18 heteroatoms. The zero-order valence-electron chi connectivity index (χ0n) is 39.9. The van der Waals surface area contributed by atoms with Crippen LogP contribution in [0.4, 0.5) is 37.8 Å². The number of fused-ring (bicyclic) bond motifs is 3. The Kier molecular flexibility index (Phi) is 12.8. The van der Waals surface area contributed by atoms with Crippen molar-refractivity contribution in [1.29, 1.82) is 0 Å². The number of para-hydroxylation sites is 2. The molecule has 1 aromatic heterocycles. The van der Waals surface area contributed by atoms with Crippen LogP contribution in [0.25, 0.3) is 11.3 Å². The average Bonchev–Trinajstić information content (AvgIpc) is 3.61. The Morgan fingerprint density at radius 1 is 0.884 bits per heavy atom. The van der Waals surface area contributed by atoms with Crippen LogP contribution in [0, 0.1) is 5.82 Å². The number of nitrogen functional groups attached to an aromatic ring is 1. The number of ether oxygens (including phenoxy) is 4. The fourth-order valence-electron chi connectivity index (χ4n) is 11.4. The first-order chi connectivity index (χ1) is 33.3. The molecule has 69 heavy (non-hydrogen) atoms. The van der Waals surface area contributed by atoms with Crippen LogP contribution in [0.2, 0.25) is 0 Å². The van der Waals surface area contributed by atoms with E-state index in [9.17, 15) is 14.4 Å². The molecule has 0 radical (unpaired) electrons. The van der Waals surface area contributed by atoms with Gasteiger partial charge in [0.2, 0.25) is 11.8 Å². The van der Waals surface area contributed by atoms with E-state index in [1.54, 1.807) is 13.2 Å². The minimum atomic E-state index is -0.552. The van der Waals surface area contributed by atoms with Crippen LogP contribution >= 0.6 is 0 Å². The number of halogens is 1. The highest BCUT2D eigenvalue weighted by Crippen LogP contribution is 2.46. The number of amides is 4. The number of rotatable bonds is 11. The molecule has 2 bridgehead atoms. The summed E-state index contributed by atoms with van der Waals surface area (Å²) >= 11 is 0. The topological polar surface area (TPSA) is 171 Å². The Morgan fingerprint density at radius 3 is 2.36 bits per heavy atom. The molecule has 17 nitrogen and oxygen atoms in total. The number of carbonyl (C=O) groups excluding carboxylic acids is 3. The van der Waals surface area contributed by atoms with Gasteiger partial charge >= 0.3 is 6.03 Å². The molecule has 5 saturated heterocycles. The van der Waals surface area contributed by atoms with Gasteiger partial charge in [-0.2, -0.15) is 0 Å².